The van der Waals surface area contributed by atoms with Crippen molar-refractivity contribution in [1.29, 1.82) is 0 Å². The van der Waals surface area contributed by atoms with Gasteiger partial charge in [-0.15, -0.1) is 0 Å². The van der Waals surface area contributed by atoms with Gasteiger partial charge in [0.2, 0.25) is 5.91 Å². The van der Waals surface area contributed by atoms with E-state index in [0.717, 1.165) is 55.0 Å². The Morgan fingerprint density at radius 3 is 2.73 bits per heavy atom. The van der Waals surface area contributed by atoms with E-state index in [2.05, 4.69) is 27.1 Å². The Balaban J connectivity index is 1.52. The van der Waals surface area contributed by atoms with E-state index in [0.29, 0.717) is 6.04 Å². The summed E-state index contributed by atoms with van der Waals surface area (Å²) in [6, 6.07) is 8.40. The molecule has 2 fully saturated rings. The number of carbonyl (C=O) groups is 1. The van der Waals surface area contributed by atoms with Gasteiger partial charge in [0.1, 0.15) is 0 Å². The standard InChI is InChI=1S/C21H28N4O/c1-15-16(2)25(14-23-15)18-9-7-17(8-10-18)24-20(26)21-11-5-3-4-6-19(21)22-13-12-21/h7-10,14,19,22H,3-6,11-13H2,1-2H3,(H,24,26). The van der Waals surface area contributed by atoms with Crippen LogP contribution < -0.4 is 10.6 Å². The normalized spacial score (nSPS) is 25.5. The summed E-state index contributed by atoms with van der Waals surface area (Å²) in [7, 11) is 0. The number of nitrogens with zero attached hydrogens (tertiary/aromatic N) is 2. The Kier molecular flexibility index (Phi) is 4.57. The number of hydrogen-bond acceptors (Lipinski definition) is 3. The zero-order chi connectivity index (χ0) is 18.1. The van der Waals surface area contributed by atoms with Crippen LogP contribution in [0.4, 0.5) is 5.69 Å². The minimum Gasteiger partial charge on any atom is -0.326 e. The first kappa shape index (κ1) is 17.3. The monoisotopic (exact) mass is 352 g/mol. The molecular formula is C21H28N4O. The molecule has 1 aliphatic carbocycles. The van der Waals surface area contributed by atoms with Crippen LogP contribution in [-0.2, 0) is 4.79 Å². The van der Waals surface area contributed by atoms with Gasteiger partial charge < -0.3 is 15.2 Å². The van der Waals surface area contributed by atoms with E-state index in [1.807, 2.05) is 37.5 Å². The van der Waals surface area contributed by atoms with Crippen LogP contribution in [0.3, 0.4) is 0 Å². The van der Waals surface area contributed by atoms with Gasteiger partial charge in [-0.25, -0.2) is 4.98 Å². The predicted molar refractivity (Wildman–Crippen MR) is 104 cm³/mol. The highest BCUT2D eigenvalue weighted by molar-refractivity contribution is 5.96. The van der Waals surface area contributed by atoms with Gasteiger partial charge in [-0.3, -0.25) is 4.79 Å². The van der Waals surface area contributed by atoms with Crippen molar-refractivity contribution in [2.75, 3.05) is 11.9 Å². The molecule has 1 saturated carbocycles. The molecule has 2 aromatic rings. The molecule has 2 heterocycles. The summed E-state index contributed by atoms with van der Waals surface area (Å²) in [5, 5.41) is 6.77. The van der Waals surface area contributed by atoms with Gasteiger partial charge in [-0.1, -0.05) is 19.3 Å². The van der Waals surface area contributed by atoms with Crippen LogP contribution in [0.2, 0.25) is 0 Å². The molecule has 0 radical (unpaired) electrons. The van der Waals surface area contributed by atoms with Crippen LogP contribution in [0.25, 0.3) is 5.69 Å². The van der Waals surface area contributed by atoms with Gasteiger partial charge in [-0.2, -0.15) is 0 Å². The maximum absolute atomic E-state index is 13.2. The summed E-state index contributed by atoms with van der Waals surface area (Å²) in [6.45, 7) is 5.03. The van der Waals surface area contributed by atoms with Crippen LogP contribution in [0.15, 0.2) is 30.6 Å². The molecule has 0 bridgehead atoms. The Bertz CT molecular complexity index is 795. The summed E-state index contributed by atoms with van der Waals surface area (Å²) >= 11 is 0. The molecule has 4 rings (SSSR count). The average Bonchev–Trinajstić information content (AvgIpc) is 3.14. The number of aryl methyl sites for hydroxylation is 1. The lowest BCUT2D eigenvalue weighted by Gasteiger charge is -2.32. The Hall–Kier alpha value is -2.14. The van der Waals surface area contributed by atoms with E-state index >= 15 is 0 Å². The van der Waals surface area contributed by atoms with Crippen molar-refractivity contribution in [3.8, 4) is 5.69 Å². The minimum absolute atomic E-state index is 0.191. The molecule has 2 atom stereocenters. The van der Waals surface area contributed by atoms with Crippen molar-refractivity contribution in [2.24, 2.45) is 5.41 Å². The Labute approximate surface area is 155 Å². The number of fused-ring (bicyclic) bond motifs is 1. The smallest absolute Gasteiger partial charge is 0.232 e. The molecule has 2 N–H and O–H groups in total. The van der Waals surface area contributed by atoms with Crippen molar-refractivity contribution in [1.82, 2.24) is 14.9 Å². The van der Waals surface area contributed by atoms with Gasteiger partial charge >= 0.3 is 0 Å². The maximum atomic E-state index is 13.2. The molecule has 0 spiro atoms. The van der Waals surface area contributed by atoms with Crippen molar-refractivity contribution >= 4 is 11.6 Å². The Morgan fingerprint density at radius 1 is 1.19 bits per heavy atom. The summed E-state index contributed by atoms with van der Waals surface area (Å²) < 4.78 is 2.07. The topological polar surface area (TPSA) is 59.0 Å². The lowest BCUT2D eigenvalue weighted by Crippen LogP contribution is -2.45. The van der Waals surface area contributed by atoms with Crippen molar-refractivity contribution in [3.63, 3.8) is 0 Å². The first-order valence-electron chi connectivity index (χ1n) is 9.76. The van der Waals surface area contributed by atoms with Crippen molar-refractivity contribution in [2.45, 2.75) is 58.4 Å². The lowest BCUT2D eigenvalue weighted by molar-refractivity contribution is -0.126. The molecule has 138 valence electrons. The second-order valence-corrected chi connectivity index (χ2v) is 7.80. The highest BCUT2D eigenvalue weighted by Crippen LogP contribution is 2.42. The summed E-state index contributed by atoms with van der Waals surface area (Å²) in [5.74, 6) is 0.191. The zero-order valence-corrected chi connectivity index (χ0v) is 15.7. The van der Waals surface area contributed by atoms with Crippen LogP contribution in [0, 0.1) is 19.3 Å². The molecule has 2 aliphatic rings. The third kappa shape index (κ3) is 2.94. The van der Waals surface area contributed by atoms with Crippen molar-refractivity contribution < 1.29 is 4.79 Å². The second-order valence-electron chi connectivity index (χ2n) is 7.80. The SMILES string of the molecule is Cc1ncn(-c2ccc(NC(=O)C34CCCCCC3NCC4)cc2)c1C. The predicted octanol–water partition coefficient (Wildman–Crippen LogP) is 3.74. The van der Waals surface area contributed by atoms with E-state index in [1.165, 1.54) is 12.8 Å². The molecule has 1 saturated heterocycles. The molecule has 5 heteroatoms. The van der Waals surface area contributed by atoms with Gasteiger partial charge in [0.15, 0.2) is 0 Å². The number of carbonyl (C=O) groups excluding carboxylic acids is 1. The first-order valence-corrected chi connectivity index (χ1v) is 9.76. The number of amides is 1. The van der Waals surface area contributed by atoms with E-state index in [4.69, 9.17) is 0 Å². The van der Waals surface area contributed by atoms with Gasteiger partial charge in [-0.05, 0) is 63.9 Å². The lowest BCUT2D eigenvalue weighted by atomic mass is 9.75. The number of benzene rings is 1. The first-order chi connectivity index (χ1) is 12.6. The summed E-state index contributed by atoms with van der Waals surface area (Å²) in [6.07, 6.45) is 8.54. The van der Waals surface area contributed by atoms with E-state index in [9.17, 15) is 4.79 Å². The third-order valence-electron chi connectivity index (χ3n) is 6.35. The van der Waals surface area contributed by atoms with Crippen LogP contribution in [-0.4, -0.2) is 28.0 Å². The molecular weight excluding hydrogens is 324 g/mol. The molecule has 1 aromatic carbocycles. The number of rotatable bonds is 3. The molecule has 26 heavy (non-hydrogen) atoms. The van der Waals surface area contributed by atoms with E-state index in [-0.39, 0.29) is 11.3 Å². The number of imidazole rings is 1. The molecule has 1 aliphatic heterocycles. The van der Waals surface area contributed by atoms with Crippen molar-refractivity contribution in [3.05, 3.63) is 42.0 Å². The highest BCUT2D eigenvalue weighted by atomic mass is 16.2. The fraction of sp³-hybridized carbons (Fsp3) is 0.524. The summed E-state index contributed by atoms with van der Waals surface area (Å²) in [4.78, 5) is 17.5. The van der Waals surface area contributed by atoms with Gasteiger partial charge in [0.05, 0.1) is 17.4 Å². The van der Waals surface area contributed by atoms with E-state index in [1.54, 1.807) is 0 Å². The second kappa shape index (κ2) is 6.88. The third-order valence-corrected chi connectivity index (χ3v) is 6.35. The maximum Gasteiger partial charge on any atom is 0.232 e. The largest absolute Gasteiger partial charge is 0.326 e. The fourth-order valence-corrected chi connectivity index (χ4v) is 4.59. The number of aromatic nitrogens is 2. The van der Waals surface area contributed by atoms with Crippen LogP contribution >= 0.6 is 0 Å². The Morgan fingerprint density at radius 2 is 2.00 bits per heavy atom. The van der Waals surface area contributed by atoms with E-state index < -0.39 is 0 Å². The van der Waals surface area contributed by atoms with Crippen LogP contribution in [0.1, 0.15) is 49.9 Å². The summed E-state index contributed by atoms with van der Waals surface area (Å²) in [5.41, 5.74) is 3.88. The molecule has 1 amide bonds. The van der Waals surface area contributed by atoms with Crippen LogP contribution in [0.5, 0.6) is 0 Å². The van der Waals surface area contributed by atoms with Gasteiger partial charge in [0.25, 0.3) is 0 Å². The zero-order valence-electron chi connectivity index (χ0n) is 15.7. The number of hydrogen-bond donors (Lipinski definition) is 2. The molecule has 1 aromatic heterocycles. The fourth-order valence-electron chi connectivity index (χ4n) is 4.59. The quantitative estimate of drug-likeness (QED) is 0.885. The average molecular weight is 352 g/mol. The highest BCUT2D eigenvalue weighted by Gasteiger charge is 2.48. The molecule has 5 nitrogen and oxygen atoms in total. The van der Waals surface area contributed by atoms with Gasteiger partial charge in [0, 0.05) is 23.1 Å². The number of anilines is 1. The number of nitrogens with one attached hydrogen (secondary N) is 2. The molecule has 2 unspecified atom stereocenters. The minimum atomic E-state index is -0.229.